The minimum Gasteiger partial charge on any atom is -1.00 e. The molecule has 0 N–H and O–H groups in total. The van der Waals surface area contributed by atoms with Crippen LogP contribution in [0, 0.1) is 0 Å². The average molecular weight is 507 g/mol. The molecule has 0 amide bonds. The first-order valence-corrected chi connectivity index (χ1v) is 10.9. The summed E-state index contributed by atoms with van der Waals surface area (Å²) >= 11 is 0. The Labute approximate surface area is 204 Å². The minimum absolute atomic E-state index is 0. The van der Waals surface area contributed by atoms with E-state index >= 15 is 0 Å². The predicted molar refractivity (Wildman–Crippen MR) is 124 cm³/mol. The molecule has 2 heterocycles. The second kappa shape index (κ2) is 9.71. The number of fused-ring (bicyclic) bond motifs is 3. The summed E-state index contributed by atoms with van der Waals surface area (Å²) in [6.07, 6.45) is 4.16. The molecule has 1 aliphatic heterocycles. The zero-order valence-electron chi connectivity index (χ0n) is 19.0. The van der Waals surface area contributed by atoms with Gasteiger partial charge in [-0.15, -0.1) is 0 Å². The van der Waals surface area contributed by atoms with Crippen LogP contribution in [-0.4, -0.2) is 25.4 Å². The van der Waals surface area contributed by atoms with Gasteiger partial charge >= 0.3 is 0 Å². The molecule has 1 aliphatic rings. The Hall–Kier alpha value is -3.25. The molecule has 170 valence electrons. The van der Waals surface area contributed by atoms with Gasteiger partial charge in [-0.3, -0.25) is 0 Å². The number of ether oxygens (including phenoxy) is 3. The zero-order chi connectivity index (χ0) is 22.1. The van der Waals surface area contributed by atoms with Gasteiger partial charge in [0.1, 0.15) is 23.4 Å². The molecule has 0 spiro atoms. The first-order valence-electron chi connectivity index (χ1n) is 10.9. The lowest BCUT2D eigenvalue weighted by atomic mass is 10.0. The van der Waals surface area contributed by atoms with E-state index in [0.717, 1.165) is 47.0 Å². The number of hydrogen-bond donors (Lipinski definition) is 0. The molecule has 1 aromatic heterocycles. The Balaban J connectivity index is 0.00000259. The number of rotatable bonds is 6. The number of nitrogens with zero attached hydrogens (tertiary/aromatic N) is 2. The van der Waals surface area contributed by atoms with E-state index in [1.165, 1.54) is 17.1 Å². The molecule has 0 fully saturated rings. The first kappa shape index (κ1) is 22.9. The van der Waals surface area contributed by atoms with Crippen molar-refractivity contribution in [3.8, 4) is 39.9 Å². The first-order chi connectivity index (χ1) is 15.7. The van der Waals surface area contributed by atoms with Crippen LogP contribution in [0.1, 0.15) is 18.3 Å². The van der Waals surface area contributed by atoms with Crippen molar-refractivity contribution in [2.45, 2.75) is 19.8 Å². The van der Waals surface area contributed by atoms with Gasteiger partial charge in [0.05, 0.1) is 27.2 Å². The Morgan fingerprint density at radius 2 is 1.64 bits per heavy atom. The Kier molecular flexibility index (Phi) is 6.75. The third kappa shape index (κ3) is 4.11. The van der Waals surface area contributed by atoms with Crippen molar-refractivity contribution in [2.75, 3.05) is 20.8 Å². The van der Waals surface area contributed by atoms with Crippen molar-refractivity contribution in [2.24, 2.45) is 0 Å². The summed E-state index contributed by atoms with van der Waals surface area (Å²) in [5.74, 6) is 3.64. The lowest BCUT2D eigenvalue weighted by Crippen LogP contribution is -3.00. The highest BCUT2D eigenvalue weighted by Crippen LogP contribution is 2.35. The maximum Gasteiger partial charge on any atom is 0.267 e. The molecule has 0 radical (unpaired) electrons. The highest BCUT2D eigenvalue weighted by Gasteiger charge is 2.32. The van der Waals surface area contributed by atoms with Gasteiger partial charge in [-0.25, -0.2) is 0 Å². The summed E-state index contributed by atoms with van der Waals surface area (Å²) in [6.45, 7) is 2.65. The van der Waals surface area contributed by atoms with Crippen molar-refractivity contribution >= 4 is 0 Å². The largest absolute Gasteiger partial charge is 1.00 e. The number of benzene rings is 3. The van der Waals surface area contributed by atoms with E-state index in [2.05, 4.69) is 57.8 Å². The Morgan fingerprint density at radius 3 is 2.36 bits per heavy atom. The molecule has 33 heavy (non-hydrogen) atoms. The standard InChI is InChI=1S/C27H27N2O3.BrH/c1-4-32-21-12-9-20(10-13-21)25-18-28-23-8-6-5-7-19(23)11-16-27(28)29(25)24-15-14-22(30-2)17-26(24)31-3;/h5-10,12-15,17-18H,4,11,16H2,1-3H3;1H/q+1;/p-1. The molecule has 0 atom stereocenters. The zero-order valence-corrected chi connectivity index (χ0v) is 20.6. The molecule has 0 bridgehead atoms. The third-order valence-corrected chi connectivity index (χ3v) is 5.99. The smallest absolute Gasteiger partial charge is 0.267 e. The van der Waals surface area contributed by atoms with Crippen molar-refractivity contribution in [3.63, 3.8) is 0 Å². The van der Waals surface area contributed by atoms with Gasteiger partial charge in [0.25, 0.3) is 5.82 Å². The van der Waals surface area contributed by atoms with Crippen LogP contribution in [0.15, 0.2) is 72.9 Å². The Morgan fingerprint density at radius 1 is 0.879 bits per heavy atom. The van der Waals surface area contributed by atoms with Crippen LogP contribution in [0.4, 0.5) is 0 Å². The number of hydrogen-bond acceptors (Lipinski definition) is 3. The van der Waals surface area contributed by atoms with Gasteiger partial charge in [0, 0.05) is 11.6 Å². The van der Waals surface area contributed by atoms with Gasteiger partial charge in [-0.1, -0.05) is 18.2 Å². The quantitative estimate of drug-likeness (QED) is 0.375. The monoisotopic (exact) mass is 506 g/mol. The molecular weight excluding hydrogens is 480 g/mol. The SMILES string of the molecule is CCOc1ccc(-c2c[n+]3c(n2-c2ccc(OC)cc2OC)CCc2ccccc2-3)cc1.[Br-]. The second-order valence-corrected chi connectivity index (χ2v) is 7.76. The van der Waals surface area contributed by atoms with Crippen LogP contribution in [0.25, 0.3) is 22.6 Å². The van der Waals surface area contributed by atoms with E-state index in [1.807, 2.05) is 31.2 Å². The Bertz CT molecular complexity index is 1270. The second-order valence-electron chi connectivity index (χ2n) is 7.76. The highest BCUT2D eigenvalue weighted by atomic mass is 79.9. The fraction of sp³-hybridized carbons (Fsp3) is 0.222. The molecule has 0 unspecified atom stereocenters. The molecular formula is C27H27BrN2O3. The van der Waals surface area contributed by atoms with E-state index < -0.39 is 0 Å². The van der Waals surface area contributed by atoms with Gasteiger partial charge in [-0.05, 0) is 61.4 Å². The number of imidazole rings is 1. The molecule has 5 nitrogen and oxygen atoms in total. The summed E-state index contributed by atoms with van der Waals surface area (Å²) in [6, 6.07) is 22.9. The van der Waals surface area contributed by atoms with Crippen molar-refractivity contribution in [1.29, 1.82) is 0 Å². The summed E-state index contributed by atoms with van der Waals surface area (Å²) < 4.78 is 21.5. The summed E-state index contributed by atoms with van der Waals surface area (Å²) in [5.41, 5.74) is 5.80. The van der Waals surface area contributed by atoms with E-state index in [9.17, 15) is 0 Å². The van der Waals surface area contributed by atoms with E-state index in [4.69, 9.17) is 14.2 Å². The summed E-state index contributed by atoms with van der Waals surface area (Å²) in [5, 5.41) is 0. The normalized spacial score (nSPS) is 11.7. The van der Waals surface area contributed by atoms with Crippen LogP contribution in [-0.2, 0) is 12.8 Å². The number of methoxy groups -OCH3 is 2. The summed E-state index contributed by atoms with van der Waals surface area (Å²) in [7, 11) is 3.37. The average Bonchev–Trinajstić information content (AvgIpc) is 3.24. The fourth-order valence-corrected chi connectivity index (χ4v) is 4.48. The van der Waals surface area contributed by atoms with Crippen LogP contribution >= 0.6 is 0 Å². The number of aromatic nitrogens is 2. The van der Waals surface area contributed by atoms with Crippen molar-refractivity contribution < 1.29 is 35.8 Å². The molecule has 3 aromatic carbocycles. The van der Waals surface area contributed by atoms with Gasteiger partial charge in [-0.2, -0.15) is 9.13 Å². The number of aryl methyl sites for hydroxylation is 1. The molecule has 0 saturated carbocycles. The molecule has 0 aliphatic carbocycles. The van der Waals surface area contributed by atoms with Crippen LogP contribution in [0.3, 0.4) is 0 Å². The van der Waals surface area contributed by atoms with E-state index in [-0.39, 0.29) is 17.0 Å². The maximum atomic E-state index is 5.78. The van der Waals surface area contributed by atoms with E-state index in [0.29, 0.717) is 6.61 Å². The van der Waals surface area contributed by atoms with Crippen LogP contribution < -0.4 is 35.8 Å². The van der Waals surface area contributed by atoms with Gasteiger partial charge in [0.15, 0.2) is 17.1 Å². The molecule has 0 saturated heterocycles. The topological polar surface area (TPSA) is 36.5 Å². The molecule has 5 rings (SSSR count). The lowest BCUT2D eigenvalue weighted by molar-refractivity contribution is -0.606. The number of halogens is 1. The van der Waals surface area contributed by atoms with Crippen LogP contribution in [0.5, 0.6) is 17.2 Å². The van der Waals surface area contributed by atoms with Crippen molar-refractivity contribution in [3.05, 3.63) is 84.3 Å². The van der Waals surface area contributed by atoms with Crippen LogP contribution in [0.2, 0.25) is 0 Å². The van der Waals surface area contributed by atoms with Gasteiger partial charge in [0.2, 0.25) is 0 Å². The van der Waals surface area contributed by atoms with E-state index in [1.54, 1.807) is 14.2 Å². The highest BCUT2D eigenvalue weighted by molar-refractivity contribution is 5.65. The van der Waals surface area contributed by atoms with Crippen molar-refractivity contribution in [1.82, 2.24) is 4.57 Å². The lowest BCUT2D eigenvalue weighted by Gasteiger charge is -2.15. The van der Waals surface area contributed by atoms with Gasteiger partial charge < -0.3 is 31.2 Å². The summed E-state index contributed by atoms with van der Waals surface area (Å²) in [4.78, 5) is 0. The fourth-order valence-electron chi connectivity index (χ4n) is 4.48. The minimum atomic E-state index is 0. The number of para-hydroxylation sites is 1. The maximum absolute atomic E-state index is 5.78. The molecule has 4 aromatic rings. The molecule has 6 heteroatoms. The predicted octanol–water partition coefficient (Wildman–Crippen LogP) is 1.94. The third-order valence-electron chi connectivity index (χ3n) is 5.99.